The molecule has 1 aromatic heterocycles. The Morgan fingerprint density at radius 2 is 1.73 bits per heavy atom. The van der Waals surface area contributed by atoms with Gasteiger partial charge in [0.25, 0.3) is 5.69 Å². The fourth-order valence-electron chi connectivity index (χ4n) is 2.78. The van der Waals surface area contributed by atoms with Crippen LogP contribution in [0.25, 0.3) is 11.4 Å². The molecule has 10 heteroatoms. The van der Waals surface area contributed by atoms with Crippen LogP contribution < -0.4 is 10.0 Å². The van der Waals surface area contributed by atoms with Crippen LogP contribution in [0.5, 0.6) is 0 Å². The first-order valence-electron chi connectivity index (χ1n) is 9.09. The van der Waals surface area contributed by atoms with Gasteiger partial charge in [-0.2, -0.15) is 0 Å². The van der Waals surface area contributed by atoms with Crippen LogP contribution in [0.2, 0.25) is 0 Å². The van der Waals surface area contributed by atoms with E-state index in [2.05, 4.69) is 20.0 Å². The van der Waals surface area contributed by atoms with E-state index < -0.39 is 14.9 Å². The SMILES string of the molecule is CNS(=O)(=O)Cc1ccc(CNc2cc(C)nc(-c3cccc([N+](=O)[O-])c3)n2)cc1. The maximum atomic E-state index is 11.6. The number of hydrogen-bond acceptors (Lipinski definition) is 7. The van der Waals surface area contributed by atoms with Gasteiger partial charge in [0.2, 0.25) is 10.0 Å². The van der Waals surface area contributed by atoms with Crippen LogP contribution in [0.15, 0.2) is 54.6 Å². The molecule has 9 nitrogen and oxygen atoms in total. The first kappa shape index (κ1) is 21.3. The van der Waals surface area contributed by atoms with E-state index >= 15 is 0 Å². The van der Waals surface area contributed by atoms with E-state index in [-0.39, 0.29) is 11.4 Å². The van der Waals surface area contributed by atoms with Gasteiger partial charge in [-0.05, 0) is 25.1 Å². The number of anilines is 1. The van der Waals surface area contributed by atoms with Crippen LogP contribution in [0.4, 0.5) is 11.5 Å². The molecule has 0 aliphatic heterocycles. The predicted octanol–water partition coefficient (Wildman–Crippen LogP) is 3.02. The van der Waals surface area contributed by atoms with Gasteiger partial charge < -0.3 is 5.32 Å². The van der Waals surface area contributed by atoms with E-state index in [1.165, 1.54) is 19.2 Å². The Morgan fingerprint density at radius 1 is 1.03 bits per heavy atom. The Morgan fingerprint density at radius 3 is 2.40 bits per heavy atom. The monoisotopic (exact) mass is 427 g/mol. The fourth-order valence-corrected chi connectivity index (χ4v) is 3.56. The highest BCUT2D eigenvalue weighted by atomic mass is 32.2. The van der Waals surface area contributed by atoms with E-state index in [4.69, 9.17) is 0 Å². The number of sulfonamides is 1. The lowest BCUT2D eigenvalue weighted by Gasteiger charge is -2.10. The number of nitrogens with one attached hydrogen (secondary N) is 2. The van der Waals surface area contributed by atoms with E-state index in [9.17, 15) is 18.5 Å². The number of hydrogen-bond donors (Lipinski definition) is 2. The van der Waals surface area contributed by atoms with E-state index in [0.29, 0.717) is 29.3 Å². The lowest BCUT2D eigenvalue weighted by atomic mass is 10.1. The summed E-state index contributed by atoms with van der Waals surface area (Å²) in [4.78, 5) is 19.4. The minimum atomic E-state index is -3.31. The molecule has 0 fully saturated rings. The number of aryl methyl sites for hydroxylation is 1. The summed E-state index contributed by atoms with van der Waals surface area (Å²) in [6, 6.07) is 15.2. The Labute approximate surface area is 174 Å². The molecule has 0 spiro atoms. The van der Waals surface area contributed by atoms with E-state index in [1.807, 2.05) is 19.1 Å². The van der Waals surface area contributed by atoms with Crippen molar-refractivity contribution in [3.8, 4) is 11.4 Å². The number of rotatable bonds is 8. The third-order valence-corrected chi connectivity index (χ3v) is 5.67. The molecule has 30 heavy (non-hydrogen) atoms. The first-order chi connectivity index (χ1) is 14.3. The van der Waals surface area contributed by atoms with Crippen molar-refractivity contribution < 1.29 is 13.3 Å². The highest BCUT2D eigenvalue weighted by Gasteiger charge is 2.11. The molecule has 1 heterocycles. The van der Waals surface area contributed by atoms with Crippen LogP contribution in [-0.4, -0.2) is 30.4 Å². The number of nitro groups is 1. The molecule has 0 bridgehead atoms. The summed E-state index contributed by atoms with van der Waals surface area (Å²) in [5.41, 5.74) is 2.91. The summed E-state index contributed by atoms with van der Waals surface area (Å²) in [6.45, 7) is 2.30. The number of nitrogens with zero attached hydrogens (tertiary/aromatic N) is 3. The van der Waals surface area contributed by atoms with Crippen LogP contribution >= 0.6 is 0 Å². The van der Waals surface area contributed by atoms with Crippen LogP contribution in [0, 0.1) is 17.0 Å². The number of aromatic nitrogens is 2. The maximum absolute atomic E-state index is 11.6. The summed E-state index contributed by atoms with van der Waals surface area (Å²) in [5.74, 6) is 0.911. The number of benzene rings is 2. The summed E-state index contributed by atoms with van der Waals surface area (Å²) in [7, 11) is -1.92. The average Bonchev–Trinajstić information content (AvgIpc) is 2.73. The lowest BCUT2D eigenvalue weighted by Crippen LogP contribution is -2.20. The largest absolute Gasteiger partial charge is 0.366 e. The summed E-state index contributed by atoms with van der Waals surface area (Å²) in [5, 5.41) is 14.2. The second-order valence-corrected chi connectivity index (χ2v) is 8.59. The van der Waals surface area contributed by atoms with Crippen molar-refractivity contribution >= 4 is 21.5 Å². The summed E-state index contributed by atoms with van der Waals surface area (Å²) < 4.78 is 25.6. The molecule has 0 atom stereocenters. The molecule has 0 saturated carbocycles. The van der Waals surface area contributed by atoms with Crippen molar-refractivity contribution in [1.29, 1.82) is 0 Å². The quantitative estimate of drug-likeness (QED) is 0.418. The highest BCUT2D eigenvalue weighted by molar-refractivity contribution is 7.88. The molecule has 3 rings (SSSR count). The van der Waals surface area contributed by atoms with Crippen LogP contribution in [-0.2, 0) is 22.3 Å². The van der Waals surface area contributed by atoms with Gasteiger partial charge in [0.15, 0.2) is 5.82 Å². The Balaban J connectivity index is 1.73. The van der Waals surface area contributed by atoms with Crippen LogP contribution in [0.3, 0.4) is 0 Å². The van der Waals surface area contributed by atoms with Gasteiger partial charge in [0.1, 0.15) is 5.82 Å². The van der Waals surface area contributed by atoms with Crippen molar-refractivity contribution in [1.82, 2.24) is 14.7 Å². The van der Waals surface area contributed by atoms with Crippen molar-refractivity contribution in [2.45, 2.75) is 19.2 Å². The molecule has 0 amide bonds. The molecule has 0 aliphatic rings. The topological polar surface area (TPSA) is 127 Å². The average molecular weight is 427 g/mol. The summed E-state index contributed by atoms with van der Waals surface area (Å²) >= 11 is 0. The first-order valence-corrected chi connectivity index (χ1v) is 10.7. The van der Waals surface area contributed by atoms with Gasteiger partial charge in [-0.1, -0.05) is 36.4 Å². The molecule has 0 unspecified atom stereocenters. The predicted molar refractivity (Wildman–Crippen MR) is 114 cm³/mol. The van der Waals surface area contributed by atoms with Crippen molar-refractivity contribution in [3.63, 3.8) is 0 Å². The van der Waals surface area contributed by atoms with Crippen molar-refractivity contribution in [3.05, 3.63) is 81.5 Å². The molecular weight excluding hydrogens is 406 g/mol. The van der Waals surface area contributed by atoms with Gasteiger partial charge in [-0.15, -0.1) is 0 Å². The zero-order chi connectivity index (χ0) is 21.7. The molecule has 2 aromatic carbocycles. The lowest BCUT2D eigenvalue weighted by molar-refractivity contribution is -0.384. The Bertz CT molecular complexity index is 1160. The van der Waals surface area contributed by atoms with Gasteiger partial charge in [0, 0.05) is 36.0 Å². The zero-order valence-electron chi connectivity index (χ0n) is 16.5. The number of non-ortho nitro benzene ring substituents is 1. The van der Waals surface area contributed by atoms with Crippen molar-refractivity contribution in [2.75, 3.05) is 12.4 Å². The second-order valence-electron chi connectivity index (χ2n) is 6.66. The van der Waals surface area contributed by atoms with Gasteiger partial charge in [0.05, 0.1) is 10.7 Å². The minimum absolute atomic E-state index is 0.0208. The van der Waals surface area contributed by atoms with Gasteiger partial charge in [-0.3, -0.25) is 10.1 Å². The maximum Gasteiger partial charge on any atom is 0.270 e. The molecular formula is C20H21N5O4S. The Kier molecular flexibility index (Phi) is 6.38. The molecule has 0 radical (unpaired) electrons. The highest BCUT2D eigenvalue weighted by Crippen LogP contribution is 2.22. The van der Waals surface area contributed by atoms with E-state index in [1.54, 1.807) is 30.3 Å². The fraction of sp³-hybridized carbons (Fsp3) is 0.200. The third-order valence-electron chi connectivity index (χ3n) is 4.33. The second kappa shape index (κ2) is 8.97. The zero-order valence-corrected chi connectivity index (χ0v) is 17.3. The standard InChI is InChI=1S/C20H21N5O4S/c1-14-10-19(24-20(23-14)17-4-3-5-18(11-17)25(26)27)22-12-15-6-8-16(9-7-15)13-30(28,29)21-2/h3-11,21H,12-13H2,1-2H3,(H,22,23,24). The van der Waals surface area contributed by atoms with Crippen molar-refractivity contribution in [2.24, 2.45) is 0 Å². The number of nitro benzene ring substituents is 1. The minimum Gasteiger partial charge on any atom is -0.366 e. The van der Waals surface area contributed by atoms with E-state index in [0.717, 1.165) is 11.3 Å². The van der Waals surface area contributed by atoms with Gasteiger partial charge in [-0.25, -0.2) is 23.1 Å². The molecule has 156 valence electrons. The molecule has 3 aromatic rings. The molecule has 2 N–H and O–H groups in total. The Hall–Kier alpha value is -3.37. The summed E-state index contributed by atoms with van der Waals surface area (Å²) in [6.07, 6.45) is 0. The van der Waals surface area contributed by atoms with Crippen LogP contribution in [0.1, 0.15) is 16.8 Å². The van der Waals surface area contributed by atoms with Gasteiger partial charge >= 0.3 is 0 Å². The molecule has 0 aliphatic carbocycles. The smallest absolute Gasteiger partial charge is 0.270 e. The third kappa shape index (κ3) is 5.58. The normalized spacial score (nSPS) is 11.3. The molecule has 0 saturated heterocycles.